The molecular formula is C2H6O2Si2. The third kappa shape index (κ3) is 4.35. The third-order valence-electron chi connectivity index (χ3n) is 0.262. The van der Waals surface area contributed by atoms with E-state index in [9.17, 15) is 0 Å². The Morgan fingerprint density at radius 3 is 2.67 bits per heavy atom. The zero-order chi connectivity index (χ0) is 4.83. The van der Waals surface area contributed by atoms with Crippen LogP contribution in [0.15, 0.2) is 0 Å². The summed E-state index contributed by atoms with van der Waals surface area (Å²) in [5.74, 6) is 0. The van der Waals surface area contributed by atoms with Gasteiger partial charge in [0.05, 0.1) is 0 Å². The van der Waals surface area contributed by atoms with E-state index in [0.717, 1.165) is 0 Å². The fraction of sp³-hybridized carbons (Fsp3) is 1.00. The van der Waals surface area contributed by atoms with Crippen LogP contribution in [-0.4, -0.2) is 30.0 Å². The Labute approximate surface area is 42.2 Å². The van der Waals surface area contributed by atoms with Crippen molar-refractivity contribution in [2.24, 2.45) is 0 Å². The molecule has 4 radical (unpaired) electrons. The van der Waals surface area contributed by atoms with Crippen LogP contribution in [0.4, 0.5) is 0 Å². The summed E-state index contributed by atoms with van der Waals surface area (Å²) >= 11 is 0. The largest absolute Gasteiger partial charge is 0.433 e. The van der Waals surface area contributed by atoms with Crippen LogP contribution in [0.1, 0.15) is 6.92 Å². The molecule has 34 valence electrons. The highest BCUT2D eigenvalue weighted by Gasteiger charge is 1.82. The maximum absolute atomic E-state index is 8.11. The summed E-state index contributed by atoms with van der Waals surface area (Å²) in [6.45, 7) is 2.62. The maximum atomic E-state index is 8.11. The van der Waals surface area contributed by atoms with Crippen LogP contribution >= 0.6 is 0 Å². The summed E-state index contributed by atoms with van der Waals surface area (Å²) < 4.78 is 4.77. The van der Waals surface area contributed by atoms with Gasteiger partial charge in [0.25, 0.3) is 0 Å². The molecule has 0 fully saturated rings. The van der Waals surface area contributed by atoms with Crippen LogP contribution in [0.5, 0.6) is 0 Å². The van der Waals surface area contributed by atoms with E-state index in [1.54, 1.807) is 0 Å². The lowest BCUT2D eigenvalue weighted by atomic mass is 10.9. The van der Waals surface area contributed by atoms with Crippen LogP contribution in [0.25, 0.3) is 0 Å². The predicted octanol–water partition coefficient (Wildman–Crippen LogP) is -0.831. The molecule has 0 aromatic heterocycles. The molecule has 0 atom stereocenters. The monoisotopic (exact) mass is 118 g/mol. The minimum Gasteiger partial charge on any atom is -0.433 e. The number of hydrogen-bond acceptors (Lipinski definition) is 2. The topological polar surface area (TPSA) is 29.5 Å². The van der Waals surface area contributed by atoms with Crippen molar-refractivity contribution in [3.05, 3.63) is 0 Å². The van der Waals surface area contributed by atoms with E-state index in [1.165, 1.54) is 0 Å². The Hall–Kier alpha value is 0.354. The normalized spacial score (nSPS) is 9.00. The van der Waals surface area contributed by atoms with Crippen LogP contribution < -0.4 is 0 Å². The molecule has 6 heavy (non-hydrogen) atoms. The summed E-state index contributed by atoms with van der Waals surface area (Å²) in [5, 5.41) is 0. The standard InChI is InChI=1S/C2H6O2Si2/c1-2-4-6-5-3/h3H,2H2,1H3. The Balaban J connectivity index is 2.34. The van der Waals surface area contributed by atoms with Gasteiger partial charge in [0.15, 0.2) is 0 Å². The van der Waals surface area contributed by atoms with Gasteiger partial charge in [0, 0.05) is 6.61 Å². The summed E-state index contributed by atoms with van der Waals surface area (Å²) in [7, 11) is 0.268. The van der Waals surface area contributed by atoms with E-state index >= 15 is 0 Å². The molecule has 0 aromatic carbocycles. The Bertz CT molecular complexity index is 21.5. The summed E-state index contributed by atoms with van der Waals surface area (Å²) in [4.78, 5) is 8.11. The zero-order valence-corrected chi connectivity index (χ0v) is 5.56. The second kappa shape index (κ2) is 5.35. The van der Waals surface area contributed by atoms with E-state index in [1.807, 2.05) is 6.92 Å². The lowest BCUT2D eigenvalue weighted by Crippen LogP contribution is -2.06. The van der Waals surface area contributed by atoms with Gasteiger partial charge in [-0.25, -0.2) is 0 Å². The molecule has 0 rings (SSSR count). The fourth-order valence-corrected chi connectivity index (χ4v) is 0.940. The minimum atomic E-state index is -0.0298. The van der Waals surface area contributed by atoms with Gasteiger partial charge >= 0.3 is 0 Å². The molecule has 0 aliphatic heterocycles. The molecule has 0 aliphatic rings. The molecule has 0 aromatic rings. The fourth-order valence-electron chi connectivity index (χ4n) is 0.104. The first-order valence-electron chi connectivity index (χ1n) is 1.67. The van der Waals surface area contributed by atoms with Crippen molar-refractivity contribution in [2.75, 3.05) is 6.61 Å². The molecule has 0 saturated carbocycles. The van der Waals surface area contributed by atoms with Crippen molar-refractivity contribution in [2.45, 2.75) is 6.92 Å². The first-order chi connectivity index (χ1) is 2.91. The van der Waals surface area contributed by atoms with Gasteiger partial charge in [-0.05, 0) is 6.92 Å². The van der Waals surface area contributed by atoms with E-state index in [0.29, 0.717) is 15.9 Å². The molecule has 0 spiro atoms. The number of rotatable bonds is 3. The maximum Gasteiger partial charge on any atom is 0.245 e. The van der Waals surface area contributed by atoms with Gasteiger partial charge in [0.1, 0.15) is 0 Å². The van der Waals surface area contributed by atoms with E-state index < -0.39 is 0 Å². The molecule has 0 saturated heterocycles. The van der Waals surface area contributed by atoms with Crippen LogP contribution in [0.3, 0.4) is 0 Å². The smallest absolute Gasteiger partial charge is 0.245 e. The molecule has 0 bridgehead atoms. The van der Waals surface area contributed by atoms with Crippen LogP contribution in [-0.2, 0) is 4.43 Å². The van der Waals surface area contributed by atoms with Gasteiger partial charge in [-0.15, -0.1) is 0 Å². The van der Waals surface area contributed by atoms with Crippen molar-refractivity contribution < 1.29 is 9.22 Å². The first kappa shape index (κ1) is 6.35. The highest BCUT2D eigenvalue weighted by atomic mass is 29.2. The minimum absolute atomic E-state index is 0.0298. The molecule has 2 nitrogen and oxygen atoms in total. The highest BCUT2D eigenvalue weighted by molar-refractivity contribution is 6.93. The lowest BCUT2D eigenvalue weighted by molar-refractivity contribution is 0.367. The van der Waals surface area contributed by atoms with Crippen molar-refractivity contribution >= 4 is 18.6 Å². The van der Waals surface area contributed by atoms with Gasteiger partial charge in [-0.3, -0.25) is 0 Å². The average molecular weight is 118 g/mol. The molecule has 0 unspecified atom stereocenters. The number of hydrogen-bond donors (Lipinski definition) is 1. The van der Waals surface area contributed by atoms with Crippen LogP contribution in [0, 0.1) is 0 Å². The molecule has 1 N–H and O–H groups in total. The molecular weight excluding hydrogens is 112 g/mol. The lowest BCUT2D eigenvalue weighted by Gasteiger charge is -1.87. The highest BCUT2D eigenvalue weighted by Crippen LogP contribution is 1.60. The second-order valence-corrected chi connectivity index (χ2v) is 2.65. The predicted molar refractivity (Wildman–Crippen MR) is 25.4 cm³/mol. The zero-order valence-electron chi connectivity index (χ0n) is 3.56. The molecule has 0 heterocycles. The van der Waals surface area contributed by atoms with Crippen molar-refractivity contribution in [3.63, 3.8) is 0 Å². The quantitative estimate of drug-likeness (QED) is 0.387. The van der Waals surface area contributed by atoms with Gasteiger partial charge in [0.2, 0.25) is 18.6 Å². The summed E-state index contributed by atoms with van der Waals surface area (Å²) in [6.07, 6.45) is 0. The van der Waals surface area contributed by atoms with Gasteiger partial charge < -0.3 is 9.22 Å². The van der Waals surface area contributed by atoms with Gasteiger partial charge in [-0.2, -0.15) is 0 Å². The summed E-state index contributed by atoms with van der Waals surface area (Å²) in [6, 6.07) is 0. The third-order valence-corrected chi connectivity index (χ3v) is 1.49. The summed E-state index contributed by atoms with van der Waals surface area (Å²) in [5.41, 5.74) is 0. The van der Waals surface area contributed by atoms with Crippen molar-refractivity contribution in [1.29, 1.82) is 0 Å². The SMILES string of the molecule is CCO[Si][Si]O. The first-order valence-corrected chi connectivity index (χ1v) is 4.53. The Morgan fingerprint density at radius 1 is 1.83 bits per heavy atom. The Kier molecular flexibility index (Phi) is 5.67. The van der Waals surface area contributed by atoms with Crippen LogP contribution in [0.2, 0.25) is 0 Å². The van der Waals surface area contributed by atoms with E-state index in [4.69, 9.17) is 9.22 Å². The molecule has 0 aliphatic carbocycles. The Morgan fingerprint density at radius 2 is 2.50 bits per heavy atom. The second-order valence-electron chi connectivity index (χ2n) is 0.647. The van der Waals surface area contributed by atoms with Gasteiger partial charge in [-0.1, -0.05) is 0 Å². The molecule has 4 heteroatoms. The van der Waals surface area contributed by atoms with E-state index in [-0.39, 0.29) is 9.28 Å². The average Bonchev–Trinajstić information content (AvgIpc) is 1.61. The van der Waals surface area contributed by atoms with E-state index in [2.05, 4.69) is 0 Å². The molecule has 0 amide bonds. The van der Waals surface area contributed by atoms with Crippen molar-refractivity contribution in [1.82, 2.24) is 0 Å². The van der Waals surface area contributed by atoms with Crippen molar-refractivity contribution in [3.8, 4) is 0 Å².